The van der Waals surface area contributed by atoms with Gasteiger partial charge in [0.2, 0.25) is 0 Å². The van der Waals surface area contributed by atoms with E-state index in [4.69, 9.17) is 0 Å². The first-order chi connectivity index (χ1) is 9.56. The highest BCUT2D eigenvalue weighted by Gasteiger charge is 2.31. The minimum absolute atomic E-state index is 0.0321. The zero-order valence-corrected chi connectivity index (χ0v) is 14.6. The van der Waals surface area contributed by atoms with Gasteiger partial charge in [-0.1, -0.05) is 41.3 Å². The Labute approximate surface area is 134 Å². The van der Waals surface area contributed by atoms with Crippen LogP contribution in [-0.4, -0.2) is 23.5 Å². The second-order valence-corrected chi connectivity index (χ2v) is 7.72. The number of carbonyl (C=O) groups excluding carboxylic acids is 1. The van der Waals surface area contributed by atoms with E-state index < -0.39 is 0 Å². The Kier molecular flexibility index (Phi) is 5.56. The fourth-order valence-corrected chi connectivity index (χ4v) is 4.02. The Morgan fingerprint density at radius 2 is 2.05 bits per heavy atom. The molecule has 0 spiro atoms. The molecular formula is C16H22BrNOS. The molecule has 1 N–H and O–H groups in total. The summed E-state index contributed by atoms with van der Waals surface area (Å²) >= 11 is 5.39. The molecule has 1 fully saturated rings. The molecule has 1 aliphatic rings. The summed E-state index contributed by atoms with van der Waals surface area (Å²) in [5.74, 6) is 0.0321. The molecule has 1 amide bonds. The van der Waals surface area contributed by atoms with Crippen molar-refractivity contribution in [3.8, 4) is 0 Å². The van der Waals surface area contributed by atoms with Crippen molar-refractivity contribution < 1.29 is 4.79 Å². The van der Waals surface area contributed by atoms with E-state index in [1.54, 1.807) is 0 Å². The Morgan fingerprint density at radius 1 is 1.35 bits per heavy atom. The van der Waals surface area contributed by atoms with Crippen LogP contribution in [0.5, 0.6) is 0 Å². The molecule has 1 aromatic carbocycles. The van der Waals surface area contributed by atoms with E-state index in [0.29, 0.717) is 0 Å². The molecule has 0 radical (unpaired) electrons. The molecule has 1 aromatic rings. The van der Waals surface area contributed by atoms with Crippen molar-refractivity contribution in [1.29, 1.82) is 0 Å². The molecule has 2 nitrogen and oxygen atoms in total. The molecular weight excluding hydrogens is 334 g/mol. The van der Waals surface area contributed by atoms with Gasteiger partial charge in [0.1, 0.15) is 0 Å². The van der Waals surface area contributed by atoms with Crippen LogP contribution < -0.4 is 5.32 Å². The predicted octanol–water partition coefficient (Wildman–Crippen LogP) is 4.55. The third-order valence-electron chi connectivity index (χ3n) is 4.20. The lowest BCUT2D eigenvalue weighted by molar-refractivity contribution is 0.0947. The van der Waals surface area contributed by atoms with Gasteiger partial charge in [-0.3, -0.25) is 4.79 Å². The molecule has 0 unspecified atom stereocenters. The monoisotopic (exact) mass is 355 g/mol. The highest BCUT2D eigenvalue weighted by atomic mass is 79.9. The van der Waals surface area contributed by atoms with Gasteiger partial charge in [-0.15, -0.1) is 0 Å². The molecule has 0 aliphatic heterocycles. The molecule has 0 heterocycles. The fourth-order valence-electron chi connectivity index (χ4n) is 2.73. The van der Waals surface area contributed by atoms with Gasteiger partial charge in [-0.25, -0.2) is 0 Å². The van der Waals surface area contributed by atoms with Gasteiger partial charge < -0.3 is 5.32 Å². The number of aryl methyl sites for hydroxylation is 1. The smallest absolute Gasteiger partial charge is 0.251 e. The quantitative estimate of drug-likeness (QED) is 0.857. The number of halogens is 1. The van der Waals surface area contributed by atoms with Crippen molar-refractivity contribution in [2.24, 2.45) is 0 Å². The second kappa shape index (κ2) is 6.99. The summed E-state index contributed by atoms with van der Waals surface area (Å²) in [6.45, 7) is 2.80. The van der Waals surface area contributed by atoms with Crippen LogP contribution in [0.4, 0.5) is 0 Å². The zero-order chi connectivity index (χ0) is 14.6. The topological polar surface area (TPSA) is 29.1 Å². The van der Waals surface area contributed by atoms with Crippen LogP contribution in [0.3, 0.4) is 0 Å². The summed E-state index contributed by atoms with van der Waals surface area (Å²) in [6, 6.07) is 5.77. The first kappa shape index (κ1) is 15.9. The molecule has 0 atom stereocenters. The van der Waals surface area contributed by atoms with Crippen LogP contribution >= 0.6 is 27.7 Å². The lowest BCUT2D eigenvalue weighted by Crippen LogP contribution is -2.41. The standard InChI is InChI=1S/C16H22BrNOS/c1-12-6-7-13(10-14(12)17)15(19)18-11-16(20-2)8-4-3-5-9-16/h6-7,10H,3-5,8-9,11H2,1-2H3,(H,18,19). The van der Waals surface area contributed by atoms with Crippen LogP contribution in [-0.2, 0) is 0 Å². The molecule has 4 heteroatoms. The first-order valence-electron chi connectivity index (χ1n) is 7.16. The highest BCUT2D eigenvalue weighted by Crippen LogP contribution is 2.38. The van der Waals surface area contributed by atoms with Crippen LogP contribution in [0, 0.1) is 6.92 Å². The number of hydrogen-bond donors (Lipinski definition) is 1. The van der Waals surface area contributed by atoms with E-state index in [-0.39, 0.29) is 10.7 Å². The Hall–Kier alpha value is -0.480. The fraction of sp³-hybridized carbons (Fsp3) is 0.562. The number of amides is 1. The van der Waals surface area contributed by atoms with Crippen molar-refractivity contribution in [2.75, 3.05) is 12.8 Å². The SMILES string of the molecule is CSC1(CNC(=O)c2ccc(C)c(Br)c2)CCCCC1. The Balaban J connectivity index is 1.98. The third-order valence-corrected chi connectivity index (χ3v) is 6.48. The number of carbonyl (C=O) groups is 1. The van der Waals surface area contributed by atoms with E-state index >= 15 is 0 Å². The van der Waals surface area contributed by atoms with Crippen LogP contribution in [0.25, 0.3) is 0 Å². The summed E-state index contributed by atoms with van der Waals surface area (Å²) in [6.07, 6.45) is 8.50. The third kappa shape index (κ3) is 3.79. The Bertz CT molecular complexity index is 483. The maximum absolute atomic E-state index is 12.3. The number of rotatable bonds is 4. The van der Waals surface area contributed by atoms with Gasteiger partial charge >= 0.3 is 0 Å². The molecule has 2 rings (SSSR count). The number of nitrogens with one attached hydrogen (secondary N) is 1. The van der Waals surface area contributed by atoms with Gasteiger partial charge in [0.25, 0.3) is 5.91 Å². The van der Waals surface area contributed by atoms with Crippen molar-refractivity contribution in [1.82, 2.24) is 5.32 Å². The number of benzene rings is 1. The van der Waals surface area contributed by atoms with Crippen molar-refractivity contribution in [3.63, 3.8) is 0 Å². The Morgan fingerprint density at radius 3 is 2.65 bits per heavy atom. The minimum Gasteiger partial charge on any atom is -0.351 e. The second-order valence-electron chi connectivity index (χ2n) is 5.59. The lowest BCUT2D eigenvalue weighted by atomic mass is 9.88. The number of thioether (sulfide) groups is 1. The van der Waals surface area contributed by atoms with E-state index in [0.717, 1.165) is 22.1 Å². The average molecular weight is 356 g/mol. The van der Waals surface area contributed by atoms with Crippen LogP contribution in [0.1, 0.15) is 48.0 Å². The zero-order valence-electron chi connectivity index (χ0n) is 12.2. The van der Waals surface area contributed by atoms with Gasteiger partial charge in [-0.2, -0.15) is 11.8 Å². The van der Waals surface area contributed by atoms with Crippen LogP contribution in [0.2, 0.25) is 0 Å². The summed E-state index contributed by atoms with van der Waals surface area (Å²) in [7, 11) is 0. The van der Waals surface area contributed by atoms with Gasteiger partial charge in [0.15, 0.2) is 0 Å². The molecule has 0 saturated heterocycles. The summed E-state index contributed by atoms with van der Waals surface area (Å²) in [5.41, 5.74) is 1.88. The normalized spacial score (nSPS) is 17.8. The van der Waals surface area contributed by atoms with E-state index in [2.05, 4.69) is 27.5 Å². The van der Waals surface area contributed by atoms with Crippen LogP contribution in [0.15, 0.2) is 22.7 Å². The summed E-state index contributed by atoms with van der Waals surface area (Å²) in [4.78, 5) is 12.3. The van der Waals surface area contributed by atoms with Gasteiger partial charge in [0.05, 0.1) is 0 Å². The van der Waals surface area contributed by atoms with E-state index in [1.165, 1.54) is 32.1 Å². The average Bonchev–Trinajstić information content (AvgIpc) is 2.48. The molecule has 20 heavy (non-hydrogen) atoms. The molecule has 1 saturated carbocycles. The van der Waals surface area contributed by atoms with Gasteiger partial charge in [0, 0.05) is 21.3 Å². The van der Waals surface area contributed by atoms with E-state index in [1.807, 2.05) is 36.9 Å². The van der Waals surface area contributed by atoms with Crippen molar-refractivity contribution in [3.05, 3.63) is 33.8 Å². The lowest BCUT2D eigenvalue weighted by Gasteiger charge is -2.35. The summed E-state index contributed by atoms with van der Waals surface area (Å²) < 4.78 is 1.23. The van der Waals surface area contributed by atoms with E-state index in [9.17, 15) is 4.79 Å². The highest BCUT2D eigenvalue weighted by molar-refractivity contribution is 9.10. The van der Waals surface area contributed by atoms with Gasteiger partial charge in [-0.05, 0) is 43.7 Å². The van der Waals surface area contributed by atoms with Crippen molar-refractivity contribution >= 4 is 33.6 Å². The first-order valence-corrected chi connectivity index (χ1v) is 9.18. The minimum atomic E-state index is 0.0321. The molecule has 110 valence electrons. The molecule has 0 bridgehead atoms. The number of hydrogen-bond acceptors (Lipinski definition) is 2. The maximum atomic E-state index is 12.3. The molecule has 1 aliphatic carbocycles. The largest absolute Gasteiger partial charge is 0.351 e. The molecule has 0 aromatic heterocycles. The summed E-state index contributed by atoms with van der Waals surface area (Å²) in [5, 5.41) is 3.13. The maximum Gasteiger partial charge on any atom is 0.251 e. The van der Waals surface area contributed by atoms with Crippen molar-refractivity contribution in [2.45, 2.75) is 43.8 Å². The predicted molar refractivity (Wildman–Crippen MR) is 90.5 cm³/mol.